The van der Waals surface area contributed by atoms with Crippen LogP contribution in [0.4, 0.5) is 0 Å². The van der Waals surface area contributed by atoms with E-state index in [2.05, 4.69) is 10.6 Å². The van der Waals surface area contributed by atoms with Crippen LogP contribution < -0.4 is 10.6 Å². The molecule has 110 valence electrons. The van der Waals surface area contributed by atoms with Crippen LogP contribution in [0.15, 0.2) is 18.2 Å². The quantitative estimate of drug-likeness (QED) is 0.869. The summed E-state index contributed by atoms with van der Waals surface area (Å²) >= 11 is 12.0. The van der Waals surface area contributed by atoms with E-state index in [4.69, 9.17) is 23.2 Å². The minimum Gasteiger partial charge on any atom is -0.349 e. The summed E-state index contributed by atoms with van der Waals surface area (Å²) in [7, 11) is 0. The molecule has 1 amide bonds. The van der Waals surface area contributed by atoms with Gasteiger partial charge in [-0.2, -0.15) is 0 Å². The van der Waals surface area contributed by atoms with Crippen molar-refractivity contribution in [2.45, 2.75) is 43.8 Å². The molecule has 3 nitrogen and oxygen atoms in total. The molecule has 0 radical (unpaired) electrons. The molecule has 2 aliphatic rings. The van der Waals surface area contributed by atoms with Crippen molar-refractivity contribution in [1.82, 2.24) is 10.6 Å². The van der Waals surface area contributed by atoms with Crippen molar-refractivity contribution in [3.8, 4) is 0 Å². The topological polar surface area (TPSA) is 41.1 Å². The minimum atomic E-state index is -0.126. The molecule has 0 aliphatic carbocycles. The van der Waals surface area contributed by atoms with E-state index in [-0.39, 0.29) is 24.4 Å². The zero-order chi connectivity index (χ0) is 13.4. The predicted octanol–water partition coefficient (Wildman–Crippen LogP) is 3.43. The van der Waals surface area contributed by atoms with Crippen molar-refractivity contribution < 1.29 is 4.79 Å². The Hall–Kier alpha value is -0.480. The molecule has 20 heavy (non-hydrogen) atoms. The molecule has 0 saturated carbocycles. The second-order valence-electron chi connectivity index (χ2n) is 5.38. The van der Waals surface area contributed by atoms with Crippen LogP contribution in [-0.2, 0) is 0 Å². The Bertz CT molecular complexity index is 497. The molecule has 2 atom stereocenters. The molecule has 2 heterocycles. The standard InChI is InChI=1S/C14H16Cl2N2O.ClH/c15-12-3-1-2-11(13(12)16)14(19)18-10-6-8-4-5-9(7-10)17-8;/h1-3,8-10,17H,4-7H2,(H,18,19);1H. The van der Waals surface area contributed by atoms with Crippen LogP contribution in [0.1, 0.15) is 36.0 Å². The van der Waals surface area contributed by atoms with Gasteiger partial charge in [0, 0.05) is 18.1 Å². The molecule has 2 bridgehead atoms. The number of halogens is 3. The lowest BCUT2D eigenvalue weighted by Gasteiger charge is -2.29. The number of carbonyl (C=O) groups excluding carboxylic acids is 1. The summed E-state index contributed by atoms with van der Waals surface area (Å²) in [5, 5.41) is 7.39. The predicted molar refractivity (Wildman–Crippen MR) is 84.1 cm³/mol. The largest absolute Gasteiger partial charge is 0.349 e. The van der Waals surface area contributed by atoms with E-state index in [0.717, 1.165) is 12.8 Å². The molecule has 2 fully saturated rings. The second-order valence-corrected chi connectivity index (χ2v) is 6.17. The Morgan fingerprint density at radius 3 is 2.50 bits per heavy atom. The number of piperidine rings is 1. The van der Waals surface area contributed by atoms with Gasteiger partial charge in [-0.3, -0.25) is 4.79 Å². The first-order valence-electron chi connectivity index (χ1n) is 6.64. The number of hydrogen-bond donors (Lipinski definition) is 2. The summed E-state index contributed by atoms with van der Waals surface area (Å²) in [6, 6.07) is 6.49. The van der Waals surface area contributed by atoms with Crippen LogP contribution >= 0.6 is 35.6 Å². The molecular formula is C14H17Cl3N2O. The fourth-order valence-electron chi connectivity index (χ4n) is 3.12. The van der Waals surface area contributed by atoms with Gasteiger partial charge in [-0.25, -0.2) is 0 Å². The number of rotatable bonds is 2. The Morgan fingerprint density at radius 1 is 1.20 bits per heavy atom. The maximum atomic E-state index is 12.2. The summed E-state index contributed by atoms with van der Waals surface area (Å²) in [6.45, 7) is 0. The van der Waals surface area contributed by atoms with Gasteiger partial charge in [0.2, 0.25) is 0 Å². The number of nitrogens with one attached hydrogen (secondary N) is 2. The van der Waals surface area contributed by atoms with E-state index in [1.54, 1.807) is 18.2 Å². The average Bonchev–Trinajstić information content (AvgIpc) is 2.72. The van der Waals surface area contributed by atoms with E-state index in [9.17, 15) is 4.79 Å². The molecule has 6 heteroatoms. The number of hydrogen-bond acceptors (Lipinski definition) is 2. The van der Waals surface area contributed by atoms with Crippen LogP contribution in [0.3, 0.4) is 0 Å². The van der Waals surface area contributed by atoms with E-state index in [1.165, 1.54) is 12.8 Å². The van der Waals surface area contributed by atoms with E-state index in [1.807, 2.05) is 0 Å². The lowest BCUT2D eigenvalue weighted by molar-refractivity contribution is 0.0924. The summed E-state index contributed by atoms with van der Waals surface area (Å²) in [6.07, 6.45) is 4.44. The lowest BCUT2D eigenvalue weighted by Crippen LogP contribution is -2.48. The molecule has 0 spiro atoms. The zero-order valence-corrected chi connectivity index (χ0v) is 13.2. The monoisotopic (exact) mass is 334 g/mol. The van der Waals surface area contributed by atoms with E-state index >= 15 is 0 Å². The molecule has 3 rings (SSSR count). The van der Waals surface area contributed by atoms with Crippen molar-refractivity contribution >= 4 is 41.5 Å². The van der Waals surface area contributed by atoms with Gasteiger partial charge >= 0.3 is 0 Å². The zero-order valence-electron chi connectivity index (χ0n) is 10.9. The molecule has 0 aromatic heterocycles. The summed E-state index contributed by atoms with van der Waals surface area (Å²) in [4.78, 5) is 12.2. The van der Waals surface area contributed by atoms with Gasteiger partial charge in [-0.05, 0) is 37.8 Å². The highest BCUT2D eigenvalue weighted by Crippen LogP contribution is 2.28. The van der Waals surface area contributed by atoms with Gasteiger partial charge in [0.25, 0.3) is 5.91 Å². The van der Waals surface area contributed by atoms with Gasteiger partial charge in [-0.1, -0.05) is 29.3 Å². The van der Waals surface area contributed by atoms with Crippen LogP contribution in [0, 0.1) is 0 Å². The van der Waals surface area contributed by atoms with Crippen molar-refractivity contribution in [3.63, 3.8) is 0 Å². The average molecular weight is 336 g/mol. The smallest absolute Gasteiger partial charge is 0.253 e. The first-order chi connectivity index (χ1) is 9.13. The van der Waals surface area contributed by atoms with Crippen molar-refractivity contribution in [2.75, 3.05) is 0 Å². The third-order valence-corrected chi connectivity index (χ3v) is 4.82. The highest BCUT2D eigenvalue weighted by molar-refractivity contribution is 6.43. The van der Waals surface area contributed by atoms with E-state index < -0.39 is 0 Å². The van der Waals surface area contributed by atoms with Gasteiger partial charge in [0.1, 0.15) is 0 Å². The first kappa shape index (κ1) is 15.9. The van der Waals surface area contributed by atoms with Crippen LogP contribution in [0.5, 0.6) is 0 Å². The number of amides is 1. The first-order valence-corrected chi connectivity index (χ1v) is 7.40. The number of fused-ring (bicyclic) bond motifs is 2. The van der Waals surface area contributed by atoms with Crippen LogP contribution in [0.2, 0.25) is 10.0 Å². The maximum Gasteiger partial charge on any atom is 0.253 e. The Balaban J connectivity index is 0.00000147. The summed E-state index contributed by atoms with van der Waals surface area (Å²) < 4.78 is 0. The lowest BCUT2D eigenvalue weighted by atomic mass is 9.99. The third kappa shape index (κ3) is 3.22. The second kappa shape index (κ2) is 6.52. The molecule has 2 saturated heterocycles. The van der Waals surface area contributed by atoms with Gasteiger partial charge in [0.15, 0.2) is 0 Å². The Labute approximate surface area is 134 Å². The maximum absolute atomic E-state index is 12.2. The van der Waals surface area contributed by atoms with Gasteiger partial charge < -0.3 is 10.6 Å². The summed E-state index contributed by atoms with van der Waals surface area (Å²) in [5.74, 6) is -0.126. The van der Waals surface area contributed by atoms with Crippen molar-refractivity contribution in [1.29, 1.82) is 0 Å². The number of benzene rings is 1. The van der Waals surface area contributed by atoms with Crippen LogP contribution in [-0.4, -0.2) is 24.0 Å². The highest BCUT2D eigenvalue weighted by atomic mass is 35.5. The normalized spacial score (nSPS) is 27.8. The van der Waals surface area contributed by atoms with Crippen molar-refractivity contribution in [3.05, 3.63) is 33.8 Å². The molecule has 2 N–H and O–H groups in total. The van der Waals surface area contributed by atoms with Gasteiger partial charge in [0.05, 0.1) is 15.6 Å². The summed E-state index contributed by atoms with van der Waals surface area (Å²) in [5.41, 5.74) is 0.458. The fraction of sp³-hybridized carbons (Fsp3) is 0.500. The number of carbonyl (C=O) groups is 1. The SMILES string of the molecule is Cl.O=C(NC1CC2CCC(C1)N2)c1cccc(Cl)c1Cl. The molecular weight excluding hydrogens is 319 g/mol. The Morgan fingerprint density at radius 2 is 1.85 bits per heavy atom. The van der Waals surface area contributed by atoms with Gasteiger partial charge in [-0.15, -0.1) is 12.4 Å². The molecule has 1 aromatic carbocycles. The van der Waals surface area contributed by atoms with Crippen LogP contribution in [0.25, 0.3) is 0 Å². The minimum absolute atomic E-state index is 0. The highest BCUT2D eigenvalue weighted by Gasteiger charge is 2.34. The third-order valence-electron chi connectivity index (χ3n) is 4.00. The molecule has 2 unspecified atom stereocenters. The molecule has 1 aromatic rings. The fourth-order valence-corrected chi connectivity index (χ4v) is 3.50. The Kier molecular flexibility index (Phi) is 5.19. The molecule has 2 aliphatic heterocycles. The van der Waals surface area contributed by atoms with E-state index in [0.29, 0.717) is 27.7 Å². The van der Waals surface area contributed by atoms with Crippen molar-refractivity contribution in [2.24, 2.45) is 0 Å².